The molecule has 4 aromatic rings. The normalized spacial score (nSPS) is 11.9. The number of thiazole rings is 1. The Kier molecular flexibility index (Phi) is 4.86. The third-order valence-electron chi connectivity index (χ3n) is 3.94. The number of aromatic nitrogens is 4. The zero-order valence-electron chi connectivity index (χ0n) is 14.7. The Balaban J connectivity index is 1.58. The summed E-state index contributed by atoms with van der Waals surface area (Å²) in [5.74, 6) is 1.46. The number of nitrogens with zero attached hydrogens (tertiary/aromatic N) is 4. The molecule has 6 nitrogen and oxygen atoms in total. The van der Waals surface area contributed by atoms with Crippen LogP contribution in [0.2, 0.25) is 0 Å². The van der Waals surface area contributed by atoms with Crippen molar-refractivity contribution in [3.63, 3.8) is 0 Å². The molecule has 0 aliphatic heterocycles. The van der Waals surface area contributed by atoms with Crippen molar-refractivity contribution < 1.29 is 0 Å². The Bertz CT molecular complexity index is 1050. The molecule has 0 bridgehead atoms. The van der Waals surface area contributed by atoms with E-state index in [0.717, 1.165) is 38.3 Å². The Labute approximate surface area is 161 Å². The van der Waals surface area contributed by atoms with Gasteiger partial charge in [-0.05, 0) is 54.4 Å². The van der Waals surface area contributed by atoms with E-state index in [1.165, 1.54) is 0 Å². The van der Waals surface area contributed by atoms with Crippen LogP contribution < -0.4 is 11.1 Å². The average molecular weight is 374 g/mol. The maximum Gasteiger partial charge on any atom is 0.132 e. The second-order valence-corrected chi connectivity index (χ2v) is 7.11. The molecule has 0 saturated carbocycles. The van der Waals surface area contributed by atoms with Gasteiger partial charge in [0.05, 0.1) is 16.6 Å². The molecule has 0 saturated heterocycles. The van der Waals surface area contributed by atoms with E-state index in [1.54, 1.807) is 29.9 Å². The standard InChI is InChI=1S/C20H18N6S/c1-13(21)20-24-12-17(27-20)16-3-2-4-18(25-16)26-19-11-15(7-10-23-19)14-5-8-22-9-6-14/h2-13H,21H2,1H3,(H,23,25,26). The summed E-state index contributed by atoms with van der Waals surface area (Å²) in [6.45, 7) is 1.93. The van der Waals surface area contributed by atoms with Gasteiger partial charge in [0.1, 0.15) is 16.6 Å². The molecular formula is C20H18N6S. The second kappa shape index (κ2) is 7.61. The molecule has 3 N–H and O–H groups in total. The van der Waals surface area contributed by atoms with E-state index in [4.69, 9.17) is 5.73 Å². The Morgan fingerprint density at radius 1 is 0.963 bits per heavy atom. The summed E-state index contributed by atoms with van der Waals surface area (Å²) in [4.78, 5) is 18.5. The molecule has 134 valence electrons. The number of nitrogens with one attached hydrogen (secondary N) is 1. The number of hydrogen-bond donors (Lipinski definition) is 2. The lowest BCUT2D eigenvalue weighted by molar-refractivity contribution is 0.807. The number of rotatable bonds is 5. The van der Waals surface area contributed by atoms with Crippen LogP contribution in [0, 0.1) is 0 Å². The highest BCUT2D eigenvalue weighted by Gasteiger charge is 2.10. The molecule has 0 radical (unpaired) electrons. The molecule has 0 aliphatic carbocycles. The minimum absolute atomic E-state index is 0.0785. The first-order valence-electron chi connectivity index (χ1n) is 8.51. The molecule has 0 spiro atoms. The Hall–Kier alpha value is -3.16. The van der Waals surface area contributed by atoms with Gasteiger partial charge >= 0.3 is 0 Å². The fraction of sp³-hybridized carbons (Fsp3) is 0.100. The zero-order chi connectivity index (χ0) is 18.6. The molecule has 0 aliphatic rings. The molecule has 0 fully saturated rings. The van der Waals surface area contributed by atoms with Gasteiger partial charge in [0.2, 0.25) is 0 Å². The van der Waals surface area contributed by atoms with E-state index >= 15 is 0 Å². The van der Waals surface area contributed by atoms with Gasteiger partial charge in [-0.1, -0.05) is 6.07 Å². The van der Waals surface area contributed by atoms with Crippen molar-refractivity contribution in [3.8, 4) is 21.7 Å². The molecule has 0 aromatic carbocycles. The Morgan fingerprint density at radius 3 is 2.56 bits per heavy atom. The summed E-state index contributed by atoms with van der Waals surface area (Å²) in [5.41, 5.74) is 8.91. The molecule has 4 aromatic heterocycles. The van der Waals surface area contributed by atoms with Crippen molar-refractivity contribution in [2.75, 3.05) is 5.32 Å². The van der Waals surface area contributed by atoms with Gasteiger partial charge in [-0.2, -0.15) is 0 Å². The van der Waals surface area contributed by atoms with Crippen molar-refractivity contribution in [2.45, 2.75) is 13.0 Å². The van der Waals surface area contributed by atoms with Crippen LogP contribution in [0.25, 0.3) is 21.7 Å². The van der Waals surface area contributed by atoms with Crippen LogP contribution in [0.1, 0.15) is 18.0 Å². The van der Waals surface area contributed by atoms with Gasteiger partial charge in [-0.3, -0.25) is 4.98 Å². The number of anilines is 2. The lowest BCUT2D eigenvalue weighted by atomic mass is 10.1. The van der Waals surface area contributed by atoms with Crippen LogP contribution in [-0.2, 0) is 0 Å². The summed E-state index contributed by atoms with van der Waals surface area (Å²) in [6, 6.07) is 13.7. The van der Waals surface area contributed by atoms with E-state index in [2.05, 4.69) is 25.3 Å². The van der Waals surface area contributed by atoms with E-state index in [9.17, 15) is 0 Å². The smallest absolute Gasteiger partial charge is 0.132 e. The van der Waals surface area contributed by atoms with Gasteiger partial charge in [-0.25, -0.2) is 15.0 Å². The lowest BCUT2D eigenvalue weighted by Gasteiger charge is -2.08. The molecule has 4 rings (SSSR count). The zero-order valence-corrected chi connectivity index (χ0v) is 15.5. The quantitative estimate of drug-likeness (QED) is 0.537. The summed E-state index contributed by atoms with van der Waals surface area (Å²) in [7, 11) is 0. The Morgan fingerprint density at radius 2 is 1.78 bits per heavy atom. The first kappa shape index (κ1) is 17.3. The summed E-state index contributed by atoms with van der Waals surface area (Å²) >= 11 is 1.56. The first-order chi connectivity index (χ1) is 13.2. The van der Waals surface area contributed by atoms with Gasteiger partial charge < -0.3 is 11.1 Å². The van der Waals surface area contributed by atoms with Gasteiger partial charge in [-0.15, -0.1) is 11.3 Å². The fourth-order valence-corrected chi connectivity index (χ4v) is 3.45. The predicted octanol–water partition coefficient (Wildman–Crippen LogP) is 4.43. The lowest BCUT2D eigenvalue weighted by Crippen LogP contribution is -2.03. The van der Waals surface area contributed by atoms with Crippen molar-refractivity contribution in [3.05, 3.63) is 72.3 Å². The molecule has 1 unspecified atom stereocenters. The molecule has 27 heavy (non-hydrogen) atoms. The van der Waals surface area contributed by atoms with Crippen LogP contribution in [0.5, 0.6) is 0 Å². The van der Waals surface area contributed by atoms with Crippen LogP contribution >= 0.6 is 11.3 Å². The monoisotopic (exact) mass is 374 g/mol. The first-order valence-corrected chi connectivity index (χ1v) is 9.33. The second-order valence-electron chi connectivity index (χ2n) is 6.05. The summed E-state index contributed by atoms with van der Waals surface area (Å²) in [6.07, 6.45) is 7.15. The summed E-state index contributed by atoms with van der Waals surface area (Å²) < 4.78 is 0. The number of nitrogens with two attached hydrogens (primary N) is 1. The molecule has 1 atom stereocenters. The fourth-order valence-electron chi connectivity index (χ4n) is 2.61. The largest absolute Gasteiger partial charge is 0.325 e. The third kappa shape index (κ3) is 3.99. The molecule has 7 heteroatoms. The highest BCUT2D eigenvalue weighted by molar-refractivity contribution is 7.15. The van der Waals surface area contributed by atoms with E-state index in [-0.39, 0.29) is 6.04 Å². The van der Waals surface area contributed by atoms with Crippen molar-refractivity contribution >= 4 is 23.0 Å². The number of pyridine rings is 3. The van der Waals surface area contributed by atoms with E-state index in [0.29, 0.717) is 0 Å². The minimum atomic E-state index is -0.0785. The van der Waals surface area contributed by atoms with Crippen molar-refractivity contribution in [2.24, 2.45) is 5.73 Å². The van der Waals surface area contributed by atoms with Gasteiger partial charge in [0.25, 0.3) is 0 Å². The van der Waals surface area contributed by atoms with E-state index < -0.39 is 0 Å². The van der Waals surface area contributed by atoms with Crippen LogP contribution in [0.3, 0.4) is 0 Å². The molecular weight excluding hydrogens is 356 g/mol. The van der Waals surface area contributed by atoms with Crippen LogP contribution in [0.4, 0.5) is 11.6 Å². The van der Waals surface area contributed by atoms with E-state index in [1.807, 2.05) is 55.6 Å². The maximum atomic E-state index is 5.90. The van der Waals surface area contributed by atoms with Crippen molar-refractivity contribution in [1.82, 2.24) is 19.9 Å². The molecule has 4 heterocycles. The van der Waals surface area contributed by atoms with Crippen LogP contribution in [-0.4, -0.2) is 19.9 Å². The van der Waals surface area contributed by atoms with Gasteiger partial charge in [0, 0.05) is 24.8 Å². The highest BCUT2D eigenvalue weighted by Crippen LogP contribution is 2.28. The SMILES string of the molecule is CC(N)c1ncc(-c2cccc(Nc3cc(-c4ccncc4)ccn3)n2)s1. The average Bonchev–Trinajstić information content (AvgIpc) is 3.20. The molecule has 0 amide bonds. The topological polar surface area (TPSA) is 89.6 Å². The third-order valence-corrected chi connectivity index (χ3v) is 5.17. The predicted molar refractivity (Wildman–Crippen MR) is 109 cm³/mol. The van der Waals surface area contributed by atoms with Crippen molar-refractivity contribution in [1.29, 1.82) is 0 Å². The van der Waals surface area contributed by atoms with Gasteiger partial charge in [0.15, 0.2) is 0 Å². The summed E-state index contributed by atoms with van der Waals surface area (Å²) in [5, 5.41) is 4.18. The number of hydrogen-bond acceptors (Lipinski definition) is 7. The minimum Gasteiger partial charge on any atom is -0.325 e. The maximum absolute atomic E-state index is 5.90. The van der Waals surface area contributed by atoms with Crippen LogP contribution in [0.15, 0.2) is 67.3 Å². The highest BCUT2D eigenvalue weighted by atomic mass is 32.1.